The predicted molar refractivity (Wildman–Crippen MR) is 76.9 cm³/mol. The molecule has 0 N–H and O–H groups in total. The highest BCUT2D eigenvalue weighted by atomic mass is 16.2. The fourth-order valence-corrected chi connectivity index (χ4v) is 3.59. The monoisotopic (exact) mass is 262 g/mol. The molecule has 2 bridgehead atoms. The van der Waals surface area contributed by atoms with Gasteiger partial charge in [0.2, 0.25) is 0 Å². The number of Topliss-reactive ketones (excluding diaryl/α,β-unsaturated/α-hetero) is 2. The van der Waals surface area contributed by atoms with Gasteiger partial charge in [-0.05, 0) is 36.7 Å². The molecule has 0 aromatic heterocycles. The Morgan fingerprint density at radius 3 is 2.68 bits per heavy atom. The standard InChI is InChI=1S/C17H26O2/c1-3-4-5-6-8-13-11-14-9-7-10-15(18)16(12(13)2)17(14)19/h11-13,16H,3-10H2,1-2H3/t12-,13+,16?/m0/s1. The number of hydrogen-bond donors (Lipinski definition) is 0. The molecule has 19 heavy (non-hydrogen) atoms. The summed E-state index contributed by atoms with van der Waals surface area (Å²) in [6.07, 6.45) is 10.7. The minimum Gasteiger partial charge on any atom is -0.299 e. The van der Waals surface area contributed by atoms with E-state index in [2.05, 4.69) is 19.9 Å². The Labute approximate surface area is 116 Å². The lowest BCUT2D eigenvalue weighted by molar-refractivity contribution is -0.133. The molecule has 2 aliphatic rings. The van der Waals surface area contributed by atoms with Crippen LogP contribution in [0.3, 0.4) is 0 Å². The van der Waals surface area contributed by atoms with Crippen LogP contribution in [0.2, 0.25) is 0 Å². The van der Waals surface area contributed by atoms with Gasteiger partial charge in [-0.25, -0.2) is 0 Å². The van der Waals surface area contributed by atoms with E-state index in [1.807, 2.05) is 0 Å². The summed E-state index contributed by atoms with van der Waals surface area (Å²) < 4.78 is 0. The molecule has 0 radical (unpaired) electrons. The maximum Gasteiger partial charge on any atom is 0.169 e. The Morgan fingerprint density at radius 2 is 1.95 bits per heavy atom. The molecular weight excluding hydrogens is 236 g/mol. The third kappa shape index (κ3) is 3.16. The van der Waals surface area contributed by atoms with Crippen molar-refractivity contribution in [1.82, 2.24) is 0 Å². The zero-order valence-corrected chi connectivity index (χ0v) is 12.3. The summed E-state index contributed by atoms with van der Waals surface area (Å²) in [6, 6.07) is 0. The van der Waals surface area contributed by atoms with Crippen molar-refractivity contribution in [2.24, 2.45) is 17.8 Å². The van der Waals surface area contributed by atoms with Gasteiger partial charge in [0.1, 0.15) is 5.78 Å². The number of allylic oxidation sites excluding steroid dienone is 2. The maximum atomic E-state index is 12.3. The first-order valence-electron chi connectivity index (χ1n) is 7.92. The van der Waals surface area contributed by atoms with E-state index in [9.17, 15) is 9.59 Å². The molecule has 0 saturated heterocycles. The van der Waals surface area contributed by atoms with Crippen molar-refractivity contribution in [1.29, 1.82) is 0 Å². The van der Waals surface area contributed by atoms with E-state index in [4.69, 9.17) is 0 Å². The molecule has 0 aliphatic heterocycles. The Balaban J connectivity index is 2.07. The second kappa shape index (κ2) is 6.49. The van der Waals surface area contributed by atoms with Crippen molar-refractivity contribution in [2.75, 3.05) is 0 Å². The number of unbranched alkanes of at least 4 members (excludes halogenated alkanes) is 3. The Bertz CT molecular complexity index is 381. The van der Waals surface area contributed by atoms with Crippen LogP contribution in [0, 0.1) is 17.8 Å². The summed E-state index contributed by atoms with van der Waals surface area (Å²) in [7, 11) is 0. The van der Waals surface area contributed by atoms with Crippen LogP contribution in [-0.4, -0.2) is 11.6 Å². The van der Waals surface area contributed by atoms with Crippen molar-refractivity contribution >= 4 is 11.6 Å². The van der Waals surface area contributed by atoms with Crippen LogP contribution in [0.25, 0.3) is 0 Å². The normalized spacial score (nSPS) is 31.1. The largest absolute Gasteiger partial charge is 0.299 e. The highest BCUT2D eigenvalue weighted by Gasteiger charge is 2.41. The van der Waals surface area contributed by atoms with Crippen LogP contribution in [0.4, 0.5) is 0 Å². The highest BCUT2D eigenvalue weighted by molar-refractivity contribution is 6.12. The molecule has 2 aliphatic carbocycles. The van der Waals surface area contributed by atoms with Gasteiger partial charge < -0.3 is 0 Å². The summed E-state index contributed by atoms with van der Waals surface area (Å²) in [5.74, 6) is 0.665. The van der Waals surface area contributed by atoms with E-state index in [0.717, 1.165) is 24.8 Å². The van der Waals surface area contributed by atoms with Crippen LogP contribution in [0.5, 0.6) is 0 Å². The molecule has 1 saturated carbocycles. The molecule has 3 atom stereocenters. The first-order chi connectivity index (χ1) is 9.15. The summed E-state index contributed by atoms with van der Waals surface area (Å²) in [6.45, 7) is 4.32. The van der Waals surface area contributed by atoms with Crippen LogP contribution < -0.4 is 0 Å². The van der Waals surface area contributed by atoms with E-state index in [1.54, 1.807) is 0 Å². The van der Waals surface area contributed by atoms with Crippen LogP contribution >= 0.6 is 0 Å². The first-order valence-corrected chi connectivity index (χ1v) is 7.92. The fraction of sp³-hybridized carbons (Fsp3) is 0.765. The zero-order chi connectivity index (χ0) is 13.8. The second-order valence-electron chi connectivity index (χ2n) is 6.23. The quantitative estimate of drug-likeness (QED) is 0.552. The van der Waals surface area contributed by atoms with Crippen LogP contribution in [0.1, 0.15) is 65.2 Å². The number of carbonyl (C=O) groups is 2. The highest BCUT2D eigenvalue weighted by Crippen LogP contribution is 2.39. The molecule has 0 aromatic carbocycles. The van der Waals surface area contributed by atoms with Gasteiger partial charge >= 0.3 is 0 Å². The van der Waals surface area contributed by atoms with E-state index in [0.29, 0.717) is 12.3 Å². The maximum absolute atomic E-state index is 12.3. The van der Waals surface area contributed by atoms with E-state index in [-0.39, 0.29) is 23.4 Å². The van der Waals surface area contributed by atoms with Crippen molar-refractivity contribution in [3.8, 4) is 0 Å². The molecule has 0 amide bonds. The third-order valence-corrected chi connectivity index (χ3v) is 4.82. The molecule has 2 nitrogen and oxygen atoms in total. The van der Waals surface area contributed by atoms with E-state index in [1.165, 1.54) is 25.7 Å². The molecular formula is C17H26O2. The average Bonchev–Trinajstić information content (AvgIpc) is 2.47. The van der Waals surface area contributed by atoms with Crippen molar-refractivity contribution < 1.29 is 9.59 Å². The second-order valence-corrected chi connectivity index (χ2v) is 6.23. The summed E-state index contributed by atoms with van der Waals surface area (Å²) in [4.78, 5) is 24.4. The van der Waals surface area contributed by atoms with Gasteiger partial charge in [0.15, 0.2) is 5.78 Å². The Morgan fingerprint density at radius 1 is 1.16 bits per heavy atom. The van der Waals surface area contributed by atoms with Gasteiger partial charge in [0.05, 0.1) is 5.92 Å². The van der Waals surface area contributed by atoms with Crippen LogP contribution in [0.15, 0.2) is 11.6 Å². The molecule has 0 heterocycles. The van der Waals surface area contributed by atoms with E-state index < -0.39 is 0 Å². The van der Waals surface area contributed by atoms with Gasteiger partial charge in [0, 0.05) is 6.42 Å². The average molecular weight is 262 g/mol. The zero-order valence-electron chi connectivity index (χ0n) is 12.3. The molecule has 1 unspecified atom stereocenters. The van der Waals surface area contributed by atoms with Crippen molar-refractivity contribution in [2.45, 2.75) is 65.2 Å². The van der Waals surface area contributed by atoms with Gasteiger partial charge in [-0.15, -0.1) is 0 Å². The van der Waals surface area contributed by atoms with Crippen LogP contribution in [-0.2, 0) is 9.59 Å². The van der Waals surface area contributed by atoms with Gasteiger partial charge in [-0.2, -0.15) is 0 Å². The van der Waals surface area contributed by atoms with E-state index >= 15 is 0 Å². The van der Waals surface area contributed by atoms with Gasteiger partial charge in [-0.1, -0.05) is 45.6 Å². The third-order valence-electron chi connectivity index (χ3n) is 4.82. The molecule has 1 fully saturated rings. The lowest BCUT2D eigenvalue weighted by Crippen LogP contribution is -2.36. The summed E-state index contributed by atoms with van der Waals surface area (Å²) >= 11 is 0. The first kappa shape index (κ1) is 14.5. The molecule has 2 rings (SSSR count). The number of carbonyl (C=O) groups excluding carboxylic acids is 2. The molecule has 0 spiro atoms. The number of fused-ring (bicyclic) bond motifs is 2. The molecule has 106 valence electrons. The van der Waals surface area contributed by atoms with Gasteiger partial charge in [-0.3, -0.25) is 9.59 Å². The topological polar surface area (TPSA) is 34.1 Å². The Kier molecular flexibility index (Phi) is 4.95. The lowest BCUT2D eigenvalue weighted by atomic mass is 9.70. The summed E-state index contributed by atoms with van der Waals surface area (Å²) in [5, 5.41) is 0. The van der Waals surface area contributed by atoms with Crippen molar-refractivity contribution in [3.05, 3.63) is 11.6 Å². The predicted octanol–water partition coefficient (Wildman–Crippen LogP) is 4.09. The SMILES string of the molecule is CCCCCC[C@@H]1C=C2CCCC(=O)C(C2=O)[C@H]1C. The smallest absolute Gasteiger partial charge is 0.169 e. The van der Waals surface area contributed by atoms with Crippen molar-refractivity contribution in [3.63, 3.8) is 0 Å². The minimum absolute atomic E-state index is 0.139. The Hall–Kier alpha value is -0.920. The number of hydrogen-bond acceptors (Lipinski definition) is 2. The molecule has 0 aromatic rings. The number of rotatable bonds is 5. The fourth-order valence-electron chi connectivity index (χ4n) is 3.59. The lowest BCUT2D eigenvalue weighted by Gasteiger charge is -2.32. The summed E-state index contributed by atoms with van der Waals surface area (Å²) in [5.41, 5.74) is 0.953. The minimum atomic E-state index is -0.321. The number of ketones is 2. The van der Waals surface area contributed by atoms with Gasteiger partial charge in [0.25, 0.3) is 0 Å². The molecule has 2 heteroatoms.